The summed E-state index contributed by atoms with van der Waals surface area (Å²) in [6.07, 6.45) is 1.66. The van der Waals surface area contributed by atoms with Crippen LogP contribution in [-0.4, -0.2) is 25.9 Å². The van der Waals surface area contributed by atoms with E-state index < -0.39 is 25.1 Å². The van der Waals surface area contributed by atoms with Gasteiger partial charge in [0.25, 0.3) is 20.2 Å². The van der Waals surface area contributed by atoms with Gasteiger partial charge >= 0.3 is 0 Å². The third-order valence-corrected chi connectivity index (χ3v) is 3.14. The van der Waals surface area contributed by atoms with E-state index in [1.807, 2.05) is 0 Å². The summed E-state index contributed by atoms with van der Waals surface area (Å²) in [5, 5.41) is 0.273. The van der Waals surface area contributed by atoms with E-state index in [-0.39, 0.29) is 5.41 Å². The summed E-state index contributed by atoms with van der Waals surface area (Å²) in [5.74, 6) is 0. The molecule has 1 aromatic carbocycles. The van der Waals surface area contributed by atoms with Crippen molar-refractivity contribution in [2.45, 2.75) is 0 Å². The molecule has 0 saturated carbocycles. The molecule has 8 heteroatoms. The van der Waals surface area contributed by atoms with E-state index in [1.54, 1.807) is 30.3 Å². The second kappa shape index (κ2) is 5.44. The van der Waals surface area contributed by atoms with Gasteiger partial charge in [-0.3, -0.25) is 9.11 Å². The number of allylic oxidation sites excluding steroid dienone is 1. The molecule has 0 aliphatic rings. The van der Waals surface area contributed by atoms with Crippen molar-refractivity contribution in [3.05, 3.63) is 52.3 Å². The zero-order valence-corrected chi connectivity index (χ0v) is 10.6. The highest BCUT2D eigenvalue weighted by atomic mass is 32.2. The highest BCUT2D eigenvalue weighted by molar-refractivity contribution is 7.90. The standard InChI is InChI=1S/C10H10O6S2/c11-17(12,13)7-6-10(18(14,15)16)8-9-4-2-1-3-5-9/h1-8H,(H,11,12,13)(H,14,15,16). The Morgan fingerprint density at radius 2 is 1.56 bits per heavy atom. The molecule has 0 bridgehead atoms. The molecule has 1 aromatic rings. The van der Waals surface area contributed by atoms with Crippen molar-refractivity contribution in [3.63, 3.8) is 0 Å². The van der Waals surface area contributed by atoms with Crippen LogP contribution < -0.4 is 0 Å². The van der Waals surface area contributed by atoms with Crippen LogP contribution in [0, 0.1) is 0 Å². The van der Waals surface area contributed by atoms with Gasteiger partial charge in [0.1, 0.15) is 0 Å². The van der Waals surface area contributed by atoms with Gasteiger partial charge < -0.3 is 0 Å². The largest absolute Gasteiger partial charge is 0.294 e. The fraction of sp³-hybridized carbons (Fsp3) is 0. The summed E-state index contributed by atoms with van der Waals surface area (Å²) in [5.41, 5.74) is 0.449. The molecule has 6 nitrogen and oxygen atoms in total. The smallest absolute Gasteiger partial charge is 0.282 e. The van der Waals surface area contributed by atoms with Gasteiger partial charge in [-0.25, -0.2) is 0 Å². The van der Waals surface area contributed by atoms with E-state index in [0.29, 0.717) is 11.6 Å². The van der Waals surface area contributed by atoms with Crippen molar-refractivity contribution in [2.24, 2.45) is 0 Å². The van der Waals surface area contributed by atoms with Gasteiger partial charge in [0.2, 0.25) is 0 Å². The van der Waals surface area contributed by atoms with Crippen molar-refractivity contribution in [3.8, 4) is 0 Å². The van der Waals surface area contributed by atoms with Crippen molar-refractivity contribution >= 4 is 26.3 Å². The molecular weight excluding hydrogens is 280 g/mol. The van der Waals surface area contributed by atoms with Crippen LogP contribution in [0.2, 0.25) is 0 Å². The Kier molecular flexibility index (Phi) is 4.41. The highest BCUT2D eigenvalue weighted by Gasteiger charge is 2.11. The molecule has 1 rings (SSSR count). The van der Waals surface area contributed by atoms with Gasteiger partial charge in [-0.2, -0.15) is 16.8 Å². The van der Waals surface area contributed by atoms with E-state index in [4.69, 9.17) is 9.11 Å². The van der Waals surface area contributed by atoms with E-state index in [2.05, 4.69) is 0 Å². The lowest BCUT2D eigenvalue weighted by Gasteiger charge is -1.98. The minimum absolute atomic E-state index is 0.273. The maximum atomic E-state index is 11.0. The second-order valence-corrected chi connectivity index (χ2v) is 5.97. The lowest BCUT2D eigenvalue weighted by molar-refractivity contribution is 0.492. The minimum atomic E-state index is -4.59. The van der Waals surface area contributed by atoms with Crippen LogP contribution in [-0.2, 0) is 20.2 Å². The summed E-state index contributed by atoms with van der Waals surface area (Å²) in [4.78, 5) is -0.647. The van der Waals surface area contributed by atoms with Crippen molar-refractivity contribution in [2.75, 3.05) is 0 Å². The lowest BCUT2D eigenvalue weighted by Crippen LogP contribution is -2.00. The topological polar surface area (TPSA) is 109 Å². The first kappa shape index (κ1) is 14.6. The predicted molar refractivity (Wildman–Crippen MR) is 66.7 cm³/mol. The molecule has 0 radical (unpaired) electrons. The maximum absolute atomic E-state index is 11.0. The maximum Gasteiger partial charge on any atom is 0.294 e. The first-order valence-corrected chi connectivity index (χ1v) is 7.52. The van der Waals surface area contributed by atoms with Crippen LogP contribution in [0.15, 0.2) is 46.7 Å². The number of hydrogen-bond donors (Lipinski definition) is 2. The van der Waals surface area contributed by atoms with Gasteiger partial charge in [-0.05, 0) is 17.7 Å². The monoisotopic (exact) mass is 290 g/mol. The molecule has 18 heavy (non-hydrogen) atoms. The zero-order valence-electron chi connectivity index (χ0n) is 8.96. The quantitative estimate of drug-likeness (QED) is 0.639. The molecule has 0 atom stereocenters. The Morgan fingerprint density at radius 1 is 1.00 bits per heavy atom. The molecule has 0 heterocycles. The van der Waals surface area contributed by atoms with Crippen molar-refractivity contribution in [1.29, 1.82) is 0 Å². The Labute approximate surface area is 105 Å². The summed E-state index contributed by atoms with van der Waals surface area (Å²) < 4.78 is 60.4. The molecular formula is C10H10O6S2. The molecule has 0 aliphatic heterocycles. The summed E-state index contributed by atoms with van der Waals surface area (Å²) >= 11 is 0. The summed E-state index contributed by atoms with van der Waals surface area (Å²) in [6.45, 7) is 0. The molecule has 0 spiro atoms. The average molecular weight is 290 g/mol. The molecule has 0 aliphatic carbocycles. The molecule has 0 unspecified atom stereocenters. The second-order valence-electron chi connectivity index (χ2n) is 3.25. The normalized spacial score (nSPS) is 14.0. The number of rotatable bonds is 4. The lowest BCUT2D eigenvalue weighted by atomic mass is 10.2. The Balaban J connectivity index is 3.25. The van der Waals surface area contributed by atoms with E-state index in [0.717, 1.165) is 6.08 Å². The highest BCUT2D eigenvalue weighted by Crippen LogP contribution is 2.13. The SMILES string of the molecule is O=S(=O)(O)C=CC(=Cc1ccccc1)S(=O)(=O)O. The van der Waals surface area contributed by atoms with Crippen LogP contribution in [0.4, 0.5) is 0 Å². The third kappa shape index (κ3) is 5.23. The van der Waals surface area contributed by atoms with E-state index >= 15 is 0 Å². The van der Waals surface area contributed by atoms with Crippen LogP contribution in [0.5, 0.6) is 0 Å². The van der Waals surface area contributed by atoms with Crippen molar-refractivity contribution in [1.82, 2.24) is 0 Å². The van der Waals surface area contributed by atoms with Gasteiger partial charge in [0, 0.05) is 0 Å². The first-order valence-electron chi connectivity index (χ1n) is 4.58. The fourth-order valence-corrected chi connectivity index (χ4v) is 2.00. The van der Waals surface area contributed by atoms with Crippen molar-refractivity contribution < 1.29 is 25.9 Å². The molecule has 0 aromatic heterocycles. The van der Waals surface area contributed by atoms with Gasteiger partial charge in [0.15, 0.2) is 0 Å². The fourth-order valence-electron chi connectivity index (χ4n) is 1.08. The average Bonchev–Trinajstić information content (AvgIpc) is 2.22. The molecule has 0 amide bonds. The Bertz CT molecular complexity index is 668. The van der Waals surface area contributed by atoms with Gasteiger partial charge in [-0.15, -0.1) is 0 Å². The van der Waals surface area contributed by atoms with Crippen LogP contribution in [0.1, 0.15) is 5.56 Å². The molecule has 0 saturated heterocycles. The van der Waals surface area contributed by atoms with Crippen LogP contribution in [0.25, 0.3) is 6.08 Å². The van der Waals surface area contributed by atoms with E-state index in [9.17, 15) is 16.8 Å². The zero-order chi connectivity index (χ0) is 13.8. The summed E-state index contributed by atoms with van der Waals surface area (Å²) in [7, 11) is -9.06. The predicted octanol–water partition coefficient (Wildman–Crippen LogP) is 1.32. The van der Waals surface area contributed by atoms with Crippen LogP contribution in [0.3, 0.4) is 0 Å². The Morgan fingerprint density at radius 3 is 2.00 bits per heavy atom. The van der Waals surface area contributed by atoms with Gasteiger partial charge in [0.05, 0.1) is 10.3 Å². The first-order chi connectivity index (χ1) is 8.18. The Hall–Kier alpha value is -1.48. The molecule has 2 N–H and O–H groups in total. The molecule has 0 fully saturated rings. The molecule has 98 valence electrons. The van der Waals surface area contributed by atoms with Crippen LogP contribution >= 0.6 is 0 Å². The minimum Gasteiger partial charge on any atom is -0.282 e. The third-order valence-electron chi connectivity index (χ3n) is 1.81. The number of benzene rings is 1. The summed E-state index contributed by atoms with van der Waals surface area (Å²) in [6, 6.07) is 8.11. The number of hydrogen-bond acceptors (Lipinski definition) is 4. The van der Waals surface area contributed by atoms with E-state index in [1.165, 1.54) is 0 Å². The van der Waals surface area contributed by atoms with Gasteiger partial charge in [-0.1, -0.05) is 30.3 Å².